The summed E-state index contributed by atoms with van der Waals surface area (Å²) >= 11 is 1.63. The fraction of sp³-hybridized carbons (Fsp3) is 0.533. The van der Waals surface area contributed by atoms with Crippen LogP contribution in [0.25, 0.3) is 0 Å². The summed E-state index contributed by atoms with van der Waals surface area (Å²) in [6, 6.07) is 4.38. The second kappa shape index (κ2) is 6.58. The van der Waals surface area contributed by atoms with Crippen LogP contribution in [0, 0.1) is 0 Å². The maximum Gasteiger partial charge on any atom is 0.197 e. The number of nitrogens with zero attached hydrogens (tertiary/aromatic N) is 4. The number of hydrogen-bond donors (Lipinski definition) is 1. The number of hydrogen-bond acceptors (Lipinski definition) is 5. The second-order valence-corrected chi connectivity index (χ2v) is 6.33. The maximum absolute atomic E-state index is 4.54. The highest BCUT2D eigenvalue weighted by molar-refractivity contribution is 7.99. The van der Waals surface area contributed by atoms with Gasteiger partial charge in [-0.1, -0.05) is 12.5 Å². The summed E-state index contributed by atoms with van der Waals surface area (Å²) in [5, 5.41) is 14.0. The quantitative estimate of drug-likeness (QED) is 0.941. The van der Waals surface area contributed by atoms with E-state index in [1.807, 2.05) is 19.3 Å². The fourth-order valence-corrected chi connectivity index (χ4v) is 3.63. The number of nitrogens with one attached hydrogen (secondary N) is 1. The molecule has 0 spiro atoms. The van der Waals surface area contributed by atoms with Crippen LogP contribution in [-0.4, -0.2) is 26.8 Å². The first-order chi connectivity index (χ1) is 10.3. The van der Waals surface area contributed by atoms with Crippen molar-refractivity contribution in [1.29, 1.82) is 0 Å². The Morgan fingerprint density at radius 2 is 2.19 bits per heavy atom. The summed E-state index contributed by atoms with van der Waals surface area (Å²) in [6.07, 6.45) is 6.58. The van der Waals surface area contributed by atoms with Crippen molar-refractivity contribution in [3.8, 4) is 0 Å². The Balaban J connectivity index is 1.89. The van der Waals surface area contributed by atoms with Crippen LogP contribution in [-0.2, 0) is 13.0 Å². The SMILES string of the molecule is CNC(C)c1cccnc1Sc1nnc2n1CCCCC2. The summed E-state index contributed by atoms with van der Waals surface area (Å²) in [6.45, 7) is 3.17. The molecule has 1 atom stereocenters. The molecule has 1 aliphatic heterocycles. The van der Waals surface area contributed by atoms with E-state index in [0.717, 1.165) is 29.0 Å². The van der Waals surface area contributed by atoms with E-state index in [4.69, 9.17) is 0 Å². The molecule has 1 N–H and O–H groups in total. The molecule has 2 aromatic heterocycles. The van der Waals surface area contributed by atoms with Gasteiger partial charge in [-0.2, -0.15) is 0 Å². The van der Waals surface area contributed by atoms with Crippen molar-refractivity contribution in [2.45, 2.75) is 55.4 Å². The highest BCUT2D eigenvalue weighted by atomic mass is 32.2. The van der Waals surface area contributed by atoms with E-state index >= 15 is 0 Å². The van der Waals surface area contributed by atoms with Crippen molar-refractivity contribution < 1.29 is 0 Å². The Kier molecular flexibility index (Phi) is 4.55. The first-order valence-corrected chi connectivity index (χ1v) is 8.33. The highest BCUT2D eigenvalue weighted by Gasteiger charge is 2.18. The molecule has 112 valence electrons. The number of aryl methyl sites for hydroxylation is 1. The van der Waals surface area contributed by atoms with Gasteiger partial charge in [0, 0.05) is 30.8 Å². The molecule has 2 aromatic rings. The predicted octanol–water partition coefficient (Wildman–Crippen LogP) is 2.83. The van der Waals surface area contributed by atoms with Gasteiger partial charge in [-0.15, -0.1) is 10.2 Å². The zero-order valence-electron chi connectivity index (χ0n) is 12.5. The van der Waals surface area contributed by atoms with Crippen LogP contribution in [0.2, 0.25) is 0 Å². The zero-order chi connectivity index (χ0) is 14.7. The number of fused-ring (bicyclic) bond motifs is 1. The third-order valence-corrected chi connectivity index (χ3v) is 4.98. The van der Waals surface area contributed by atoms with Crippen molar-refractivity contribution in [2.24, 2.45) is 0 Å². The third kappa shape index (κ3) is 3.11. The van der Waals surface area contributed by atoms with Crippen molar-refractivity contribution in [1.82, 2.24) is 25.1 Å². The molecule has 0 saturated carbocycles. The molecule has 6 heteroatoms. The molecule has 0 amide bonds. The van der Waals surface area contributed by atoms with E-state index in [-0.39, 0.29) is 6.04 Å². The largest absolute Gasteiger partial charge is 0.313 e. The van der Waals surface area contributed by atoms with Crippen LogP contribution in [0.1, 0.15) is 43.6 Å². The van der Waals surface area contributed by atoms with Gasteiger partial charge in [0.25, 0.3) is 0 Å². The third-order valence-electron chi connectivity index (χ3n) is 3.96. The Morgan fingerprint density at radius 1 is 1.29 bits per heavy atom. The first-order valence-electron chi connectivity index (χ1n) is 7.51. The molecule has 0 aliphatic carbocycles. The van der Waals surface area contributed by atoms with Gasteiger partial charge in [-0.3, -0.25) is 0 Å². The summed E-state index contributed by atoms with van der Waals surface area (Å²) in [4.78, 5) is 4.54. The van der Waals surface area contributed by atoms with Gasteiger partial charge in [0.15, 0.2) is 5.16 Å². The Morgan fingerprint density at radius 3 is 3.05 bits per heavy atom. The molecule has 3 rings (SSSR count). The first kappa shape index (κ1) is 14.5. The molecule has 0 saturated heterocycles. The molecule has 5 nitrogen and oxygen atoms in total. The van der Waals surface area contributed by atoms with E-state index in [0.29, 0.717) is 0 Å². The summed E-state index contributed by atoms with van der Waals surface area (Å²) in [5.41, 5.74) is 1.20. The number of aromatic nitrogens is 4. The average molecular weight is 303 g/mol. The van der Waals surface area contributed by atoms with Gasteiger partial charge < -0.3 is 9.88 Å². The molecular formula is C15H21N5S. The summed E-state index contributed by atoms with van der Waals surface area (Å²) < 4.78 is 2.26. The topological polar surface area (TPSA) is 55.6 Å². The molecule has 1 unspecified atom stereocenters. The van der Waals surface area contributed by atoms with E-state index in [1.165, 1.54) is 24.8 Å². The number of rotatable bonds is 4. The van der Waals surface area contributed by atoms with Crippen LogP contribution in [0.5, 0.6) is 0 Å². The van der Waals surface area contributed by atoms with Gasteiger partial charge in [0.1, 0.15) is 10.9 Å². The van der Waals surface area contributed by atoms with Gasteiger partial charge in [-0.05, 0) is 44.6 Å². The minimum Gasteiger partial charge on any atom is -0.313 e. The van der Waals surface area contributed by atoms with Crippen molar-refractivity contribution in [3.63, 3.8) is 0 Å². The second-order valence-electron chi connectivity index (χ2n) is 5.37. The molecule has 0 bridgehead atoms. The number of pyridine rings is 1. The molecule has 0 radical (unpaired) electrons. The van der Waals surface area contributed by atoms with Crippen LogP contribution in [0.3, 0.4) is 0 Å². The van der Waals surface area contributed by atoms with Gasteiger partial charge in [0.2, 0.25) is 0 Å². The van der Waals surface area contributed by atoms with Crippen LogP contribution >= 0.6 is 11.8 Å². The van der Waals surface area contributed by atoms with Gasteiger partial charge in [-0.25, -0.2) is 4.98 Å². The standard InChI is InChI=1S/C15H21N5S/c1-11(16-2)12-7-6-9-17-14(12)21-15-19-18-13-8-4-3-5-10-20(13)15/h6-7,9,11,16H,3-5,8,10H2,1-2H3. The summed E-state index contributed by atoms with van der Waals surface area (Å²) in [7, 11) is 1.97. The Hall–Kier alpha value is -1.40. The monoisotopic (exact) mass is 303 g/mol. The van der Waals surface area contributed by atoms with Crippen LogP contribution < -0.4 is 5.32 Å². The zero-order valence-corrected chi connectivity index (χ0v) is 13.4. The van der Waals surface area contributed by atoms with Gasteiger partial charge in [0.05, 0.1) is 0 Å². The molecule has 0 aromatic carbocycles. The molecular weight excluding hydrogens is 282 g/mol. The highest BCUT2D eigenvalue weighted by Crippen LogP contribution is 2.31. The molecule has 3 heterocycles. The molecule has 1 aliphatic rings. The van der Waals surface area contributed by atoms with Gasteiger partial charge >= 0.3 is 0 Å². The van der Waals surface area contributed by atoms with Crippen LogP contribution in [0.4, 0.5) is 0 Å². The van der Waals surface area contributed by atoms with Crippen LogP contribution in [0.15, 0.2) is 28.5 Å². The maximum atomic E-state index is 4.54. The van der Waals surface area contributed by atoms with E-state index in [2.05, 4.69) is 38.1 Å². The molecule has 21 heavy (non-hydrogen) atoms. The van der Waals surface area contributed by atoms with E-state index < -0.39 is 0 Å². The molecule has 0 fully saturated rings. The Bertz CT molecular complexity index is 610. The fourth-order valence-electron chi connectivity index (χ4n) is 2.59. The van der Waals surface area contributed by atoms with Crippen molar-refractivity contribution in [3.05, 3.63) is 29.7 Å². The lowest BCUT2D eigenvalue weighted by Gasteiger charge is -2.14. The van der Waals surface area contributed by atoms with Crippen molar-refractivity contribution in [2.75, 3.05) is 7.05 Å². The Labute approximate surface area is 129 Å². The average Bonchev–Trinajstić information content (AvgIpc) is 2.74. The summed E-state index contributed by atoms with van der Waals surface area (Å²) in [5.74, 6) is 1.12. The van der Waals surface area contributed by atoms with E-state index in [1.54, 1.807) is 11.8 Å². The van der Waals surface area contributed by atoms with Crippen molar-refractivity contribution >= 4 is 11.8 Å². The normalized spacial score (nSPS) is 16.3. The predicted molar refractivity (Wildman–Crippen MR) is 83.4 cm³/mol. The lowest BCUT2D eigenvalue weighted by atomic mass is 10.1. The minimum atomic E-state index is 0.271. The lowest BCUT2D eigenvalue weighted by molar-refractivity contribution is 0.589. The minimum absolute atomic E-state index is 0.271. The van der Waals surface area contributed by atoms with E-state index in [9.17, 15) is 0 Å². The smallest absolute Gasteiger partial charge is 0.197 e. The lowest BCUT2D eigenvalue weighted by Crippen LogP contribution is -2.13.